The lowest BCUT2D eigenvalue weighted by Gasteiger charge is -2.47. The van der Waals surface area contributed by atoms with Gasteiger partial charge in [-0.3, -0.25) is 9.59 Å². The number of β-lactam (4-membered cyclic amide) rings is 1. The topological polar surface area (TPSA) is 150 Å². The first-order chi connectivity index (χ1) is 14.3. The number of hydrogen-bond acceptors (Lipinski definition) is 11. The van der Waals surface area contributed by atoms with E-state index in [1.807, 2.05) is 0 Å². The molecule has 0 radical (unpaired) electrons. The van der Waals surface area contributed by atoms with Crippen LogP contribution in [0.2, 0.25) is 0 Å². The van der Waals surface area contributed by atoms with Crippen LogP contribution < -0.4 is 11.1 Å². The molecule has 3 heterocycles. The van der Waals surface area contributed by atoms with Gasteiger partial charge in [0.05, 0.1) is 24.3 Å². The fourth-order valence-electron chi connectivity index (χ4n) is 2.76. The van der Waals surface area contributed by atoms with Crippen LogP contribution >= 0.6 is 23.1 Å². The monoisotopic (exact) mass is 456 g/mol. The van der Waals surface area contributed by atoms with Crippen molar-refractivity contribution in [3.63, 3.8) is 0 Å². The summed E-state index contributed by atoms with van der Waals surface area (Å²) >= 11 is 2.56. The van der Waals surface area contributed by atoms with Crippen molar-refractivity contribution in [3.05, 3.63) is 22.8 Å². The van der Waals surface area contributed by atoms with E-state index in [1.54, 1.807) is 12.3 Å². The van der Waals surface area contributed by atoms with E-state index in [0.717, 1.165) is 0 Å². The summed E-state index contributed by atoms with van der Waals surface area (Å²) in [6.45, 7) is 3.13. The summed E-state index contributed by atoms with van der Waals surface area (Å²) in [6.07, 6.45) is -0.659. The van der Waals surface area contributed by atoms with E-state index in [0.29, 0.717) is 10.8 Å². The number of thiazole rings is 1. The summed E-state index contributed by atoms with van der Waals surface area (Å²) in [6, 6.07) is -0.682. The van der Waals surface area contributed by atoms with Crippen LogP contribution in [0.15, 0.2) is 17.2 Å². The van der Waals surface area contributed by atoms with E-state index in [9.17, 15) is 19.2 Å². The number of nitrogens with zero attached hydrogens (tertiary/aromatic N) is 2. The minimum absolute atomic E-state index is 0.0284. The van der Waals surface area contributed by atoms with Gasteiger partial charge in [0.1, 0.15) is 11.4 Å². The molecule has 3 rings (SSSR count). The predicted molar refractivity (Wildman–Crippen MR) is 107 cm³/mol. The van der Waals surface area contributed by atoms with E-state index in [4.69, 9.17) is 15.2 Å². The molecule has 11 nitrogen and oxygen atoms in total. The number of nitrogen functional groups attached to an aromatic ring is 1. The van der Waals surface area contributed by atoms with Crippen LogP contribution in [0.3, 0.4) is 0 Å². The highest BCUT2D eigenvalue weighted by atomic mass is 32.2. The number of fused-ring (bicyclic) bond motifs is 1. The summed E-state index contributed by atoms with van der Waals surface area (Å²) in [5.41, 5.74) is 6.33. The molecule has 0 saturated carbocycles. The molecule has 1 fully saturated rings. The third kappa shape index (κ3) is 5.02. The maximum absolute atomic E-state index is 12.4. The first kappa shape index (κ1) is 21.9. The Balaban J connectivity index is 1.51. The van der Waals surface area contributed by atoms with E-state index >= 15 is 0 Å². The van der Waals surface area contributed by atoms with E-state index in [1.165, 1.54) is 41.1 Å². The highest BCUT2D eigenvalue weighted by Crippen LogP contribution is 2.36. The first-order valence-electron chi connectivity index (χ1n) is 8.96. The molecule has 3 atom stereocenters. The Labute approximate surface area is 179 Å². The zero-order valence-electron chi connectivity index (χ0n) is 16.2. The fourth-order valence-corrected chi connectivity index (χ4v) is 4.56. The van der Waals surface area contributed by atoms with Gasteiger partial charge in [0.25, 0.3) is 5.91 Å². The van der Waals surface area contributed by atoms with Crippen molar-refractivity contribution in [2.45, 2.75) is 38.0 Å². The normalized spacial score (nSPS) is 20.9. The SMILES string of the molecule is CCOC(=O)OC(C)OC(=O)C1=CN2C(=O)C(NC(=O)Cc3csc(N)n3)[C@H]2SC1. The maximum atomic E-state index is 12.4. The minimum Gasteiger partial charge on any atom is -0.435 e. The molecule has 2 aliphatic heterocycles. The number of rotatable bonds is 7. The van der Waals surface area contributed by atoms with Crippen LogP contribution in [-0.2, 0) is 35.0 Å². The van der Waals surface area contributed by atoms with Gasteiger partial charge in [0, 0.05) is 24.3 Å². The zero-order chi connectivity index (χ0) is 21.8. The van der Waals surface area contributed by atoms with Crippen LogP contribution in [0.1, 0.15) is 19.5 Å². The maximum Gasteiger partial charge on any atom is 0.511 e. The van der Waals surface area contributed by atoms with Crippen LogP contribution in [0, 0.1) is 0 Å². The lowest BCUT2D eigenvalue weighted by molar-refractivity contribution is -0.163. The number of esters is 1. The summed E-state index contributed by atoms with van der Waals surface area (Å²) in [5, 5.41) is 4.44. The Hall–Kier alpha value is -2.80. The third-order valence-corrected chi connectivity index (χ3v) is 6.11. The number of carbonyl (C=O) groups is 4. The quantitative estimate of drug-likeness (QED) is 0.339. The summed E-state index contributed by atoms with van der Waals surface area (Å²) in [7, 11) is 0. The van der Waals surface area contributed by atoms with E-state index in [2.05, 4.69) is 15.0 Å². The van der Waals surface area contributed by atoms with E-state index in [-0.39, 0.29) is 41.5 Å². The largest absolute Gasteiger partial charge is 0.511 e. The van der Waals surface area contributed by atoms with Crippen LogP contribution in [0.4, 0.5) is 9.93 Å². The highest BCUT2D eigenvalue weighted by molar-refractivity contribution is 8.00. The number of aromatic nitrogens is 1. The minimum atomic E-state index is -1.14. The number of nitrogens with one attached hydrogen (secondary N) is 1. The van der Waals surface area contributed by atoms with Crippen molar-refractivity contribution in [2.75, 3.05) is 18.1 Å². The second-order valence-electron chi connectivity index (χ2n) is 6.27. The average Bonchev–Trinajstić information content (AvgIpc) is 3.09. The average molecular weight is 457 g/mol. The van der Waals surface area contributed by atoms with Gasteiger partial charge in [0.2, 0.25) is 12.2 Å². The third-order valence-electron chi connectivity index (χ3n) is 4.07. The molecule has 0 bridgehead atoms. The Morgan fingerprint density at radius 2 is 2.17 bits per heavy atom. The summed E-state index contributed by atoms with van der Waals surface area (Å²) in [4.78, 5) is 53.4. The molecule has 1 saturated heterocycles. The van der Waals surface area contributed by atoms with Crippen molar-refractivity contribution >= 4 is 52.2 Å². The molecular weight excluding hydrogens is 436 g/mol. The number of carbonyl (C=O) groups excluding carboxylic acids is 4. The molecule has 2 unspecified atom stereocenters. The van der Waals surface area contributed by atoms with Crippen LogP contribution in [0.25, 0.3) is 0 Å². The predicted octanol–water partition coefficient (Wildman–Crippen LogP) is 0.614. The molecule has 1 aromatic rings. The van der Waals surface area contributed by atoms with Crippen LogP contribution in [-0.4, -0.2) is 63.9 Å². The molecule has 0 spiro atoms. The van der Waals surface area contributed by atoms with Crippen molar-refractivity contribution < 1.29 is 33.4 Å². The number of hydrogen-bond donors (Lipinski definition) is 2. The Morgan fingerprint density at radius 3 is 2.83 bits per heavy atom. The summed E-state index contributed by atoms with van der Waals surface area (Å²) in [5.74, 6) is -1.11. The Morgan fingerprint density at radius 1 is 1.40 bits per heavy atom. The fraction of sp³-hybridized carbons (Fsp3) is 0.471. The molecule has 30 heavy (non-hydrogen) atoms. The Kier molecular flexibility index (Phi) is 6.82. The van der Waals surface area contributed by atoms with Crippen LogP contribution in [0.5, 0.6) is 0 Å². The second kappa shape index (κ2) is 9.34. The molecule has 3 N–H and O–H groups in total. The number of thioether (sulfide) groups is 1. The molecule has 13 heteroatoms. The molecular formula is C17H20N4O7S2. The summed E-state index contributed by atoms with van der Waals surface area (Å²) < 4.78 is 14.4. The van der Waals surface area contributed by atoms with Gasteiger partial charge in [-0.2, -0.15) is 0 Å². The van der Waals surface area contributed by atoms with Crippen molar-refractivity contribution in [2.24, 2.45) is 0 Å². The second-order valence-corrected chi connectivity index (χ2v) is 8.27. The molecule has 162 valence electrons. The molecule has 2 aliphatic rings. The number of ether oxygens (including phenoxy) is 3. The van der Waals surface area contributed by atoms with Gasteiger partial charge in [-0.15, -0.1) is 23.1 Å². The molecule has 2 amide bonds. The number of amides is 2. The Bertz CT molecular complexity index is 887. The van der Waals surface area contributed by atoms with Crippen molar-refractivity contribution in [3.8, 4) is 0 Å². The molecule has 0 aromatic carbocycles. The van der Waals surface area contributed by atoms with Crippen molar-refractivity contribution in [1.82, 2.24) is 15.2 Å². The highest BCUT2D eigenvalue weighted by Gasteiger charge is 2.50. The van der Waals surface area contributed by atoms with Crippen molar-refractivity contribution in [1.29, 1.82) is 0 Å². The van der Waals surface area contributed by atoms with Gasteiger partial charge >= 0.3 is 12.1 Å². The van der Waals surface area contributed by atoms with Gasteiger partial charge in [-0.05, 0) is 6.92 Å². The number of anilines is 1. The first-order valence-corrected chi connectivity index (χ1v) is 10.9. The van der Waals surface area contributed by atoms with Gasteiger partial charge in [0.15, 0.2) is 5.13 Å². The zero-order valence-corrected chi connectivity index (χ0v) is 17.8. The number of nitrogens with two attached hydrogens (primary N) is 1. The lowest BCUT2D eigenvalue weighted by Crippen LogP contribution is -2.68. The standard InChI is InChI=1S/C17H20N4O7S2/c1-3-26-17(25)28-8(2)27-15(24)9-5-21-13(23)12(14(21)29-6-9)20-11(22)4-10-7-30-16(18)19-10/h5,7-8,12,14H,3-4,6H2,1-2H3,(H2,18,19)(H,20,22)/t8?,12?,14-/m1/s1. The van der Waals surface area contributed by atoms with Gasteiger partial charge in [-0.25, -0.2) is 14.6 Å². The van der Waals surface area contributed by atoms with Gasteiger partial charge < -0.3 is 30.2 Å². The van der Waals surface area contributed by atoms with Gasteiger partial charge in [-0.1, -0.05) is 0 Å². The lowest BCUT2D eigenvalue weighted by atomic mass is 10.1. The molecule has 0 aliphatic carbocycles. The van der Waals surface area contributed by atoms with E-state index < -0.39 is 24.5 Å². The smallest absolute Gasteiger partial charge is 0.435 e. The molecule has 1 aromatic heterocycles.